The third kappa shape index (κ3) is 4.36. The van der Waals surface area contributed by atoms with Gasteiger partial charge in [-0.15, -0.1) is 0 Å². The third-order valence-corrected chi connectivity index (χ3v) is 7.74. The molecular formula is C26H31FN4O6. The highest BCUT2D eigenvalue weighted by Gasteiger charge is 2.56. The number of rotatable bonds is 8. The monoisotopic (exact) mass is 514 g/mol. The summed E-state index contributed by atoms with van der Waals surface area (Å²) in [5.74, 6) is -1.20. The Morgan fingerprint density at radius 3 is 2.43 bits per heavy atom. The molecule has 1 aliphatic carbocycles. The number of aryl methyl sites for hydroxylation is 1. The predicted octanol–water partition coefficient (Wildman–Crippen LogP) is 4.53. The van der Waals surface area contributed by atoms with Gasteiger partial charge in [0.15, 0.2) is 11.5 Å². The lowest BCUT2D eigenvalue weighted by molar-refractivity contribution is -0.300. The van der Waals surface area contributed by atoms with E-state index in [4.69, 9.17) is 23.9 Å². The van der Waals surface area contributed by atoms with Crippen molar-refractivity contribution in [3.63, 3.8) is 0 Å². The van der Waals surface area contributed by atoms with Gasteiger partial charge < -0.3 is 33.9 Å². The number of nitrogens with one attached hydrogen (secondary N) is 1. The number of fused-ring (bicyclic) bond motifs is 1. The maximum absolute atomic E-state index is 14.2. The van der Waals surface area contributed by atoms with Crippen molar-refractivity contribution in [1.82, 2.24) is 15.0 Å². The molecule has 11 heteroatoms. The average Bonchev–Trinajstić information content (AvgIpc) is 3.25. The van der Waals surface area contributed by atoms with E-state index in [0.717, 1.165) is 38.8 Å². The largest absolute Gasteiger partial charge is 0.478 e. The molecule has 198 valence electrons. The first-order valence-electron chi connectivity index (χ1n) is 12.3. The number of carboxylic acids is 1. The minimum atomic E-state index is -1.16. The van der Waals surface area contributed by atoms with Gasteiger partial charge in [-0.3, -0.25) is 0 Å². The molecule has 1 aliphatic heterocycles. The molecule has 2 aliphatic rings. The van der Waals surface area contributed by atoms with Crippen LogP contribution in [0.5, 0.6) is 17.4 Å². The molecule has 5 rings (SSSR count). The zero-order chi connectivity index (χ0) is 26.4. The second-order valence-corrected chi connectivity index (χ2v) is 9.75. The first kappa shape index (κ1) is 25.2. The van der Waals surface area contributed by atoms with Crippen molar-refractivity contribution in [1.29, 1.82) is 0 Å². The zero-order valence-corrected chi connectivity index (χ0v) is 21.4. The van der Waals surface area contributed by atoms with E-state index >= 15 is 0 Å². The second kappa shape index (κ2) is 9.46. The topological polar surface area (TPSA) is 119 Å². The average molecular weight is 515 g/mol. The number of pyridine rings is 2. The normalized spacial score (nSPS) is 18.1. The van der Waals surface area contributed by atoms with E-state index in [1.54, 1.807) is 20.3 Å². The highest BCUT2D eigenvalue weighted by atomic mass is 19.1. The van der Waals surface area contributed by atoms with E-state index in [-0.39, 0.29) is 33.7 Å². The van der Waals surface area contributed by atoms with E-state index in [1.807, 2.05) is 6.92 Å². The summed E-state index contributed by atoms with van der Waals surface area (Å²) in [7, 11) is 4.78. The van der Waals surface area contributed by atoms with Crippen LogP contribution in [0.3, 0.4) is 0 Å². The first-order valence-corrected chi connectivity index (χ1v) is 12.3. The fourth-order valence-corrected chi connectivity index (χ4v) is 5.63. The van der Waals surface area contributed by atoms with Crippen LogP contribution >= 0.6 is 0 Å². The predicted molar refractivity (Wildman–Crippen MR) is 133 cm³/mol. The fraction of sp³-hybridized carbons (Fsp3) is 0.500. The molecule has 0 bridgehead atoms. The molecular weight excluding hydrogens is 483 g/mol. The van der Waals surface area contributed by atoms with E-state index in [1.165, 1.54) is 19.4 Å². The van der Waals surface area contributed by atoms with E-state index in [9.17, 15) is 14.3 Å². The molecule has 10 nitrogen and oxygen atoms in total. The van der Waals surface area contributed by atoms with Crippen molar-refractivity contribution in [2.45, 2.75) is 44.8 Å². The van der Waals surface area contributed by atoms with Crippen LogP contribution in [0.1, 0.15) is 48.7 Å². The fourth-order valence-electron chi connectivity index (χ4n) is 5.63. The lowest BCUT2D eigenvalue weighted by Crippen LogP contribution is -2.58. The van der Waals surface area contributed by atoms with E-state index < -0.39 is 17.6 Å². The molecule has 3 aromatic heterocycles. The van der Waals surface area contributed by atoms with E-state index in [0.29, 0.717) is 23.6 Å². The summed E-state index contributed by atoms with van der Waals surface area (Å²) < 4.78 is 36.8. The molecule has 4 heterocycles. The molecule has 1 saturated carbocycles. The molecule has 0 radical (unpaired) electrons. The van der Waals surface area contributed by atoms with Crippen molar-refractivity contribution >= 4 is 22.8 Å². The zero-order valence-electron chi connectivity index (χ0n) is 21.4. The number of methoxy groups -OCH3 is 3. The number of H-pyrrole nitrogens is 1. The van der Waals surface area contributed by atoms with Crippen LogP contribution in [0.2, 0.25) is 0 Å². The van der Waals surface area contributed by atoms with Gasteiger partial charge in [-0.1, -0.05) is 6.92 Å². The smallest absolute Gasteiger partial charge is 0.341 e. The number of nitrogens with zero attached hydrogens (tertiary/aromatic N) is 3. The Labute approximate surface area is 213 Å². The Kier molecular flexibility index (Phi) is 6.45. The Bertz CT molecular complexity index is 1320. The highest BCUT2D eigenvalue weighted by molar-refractivity contribution is 5.93. The number of hydrogen-bond donors (Lipinski definition) is 2. The number of anilines is 1. The van der Waals surface area contributed by atoms with Crippen LogP contribution in [0.4, 0.5) is 10.2 Å². The summed E-state index contributed by atoms with van der Waals surface area (Å²) in [6.07, 6.45) is 5.19. The standard InChI is InChI=1S/C26H31FN4O6/c1-5-17-21(24(32)33)18(37-19-10-15-16(27)12-28-22(15)30-23(19)34-2)11-20(29-17)31-8-6-25(7-9-31)13-26(14-25,35-3)36-4/h10-12H,5-9,13-14H2,1-4H3,(H,28,30)(H,32,33). The van der Waals surface area contributed by atoms with Gasteiger partial charge in [0, 0.05) is 58.5 Å². The maximum Gasteiger partial charge on any atom is 0.341 e. The maximum atomic E-state index is 14.2. The molecule has 0 atom stereocenters. The summed E-state index contributed by atoms with van der Waals surface area (Å²) in [6.45, 7) is 3.37. The summed E-state index contributed by atoms with van der Waals surface area (Å²) in [5.41, 5.74) is 0.836. The number of aromatic carboxylic acids is 1. The number of aromatic nitrogens is 3. The number of halogens is 1. The van der Waals surface area contributed by atoms with Gasteiger partial charge in [-0.25, -0.2) is 14.2 Å². The van der Waals surface area contributed by atoms with Crippen molar-refractivity contribution in [2.24, 2.45) is 5.41 Å². The summed E-state index contributed by atoms with van der Waals surface area (Å²) >= 11 is 0. The summed E-state index contributed by atoms with van der Waals surface area (Å²) in [4.78, 5) is 26.1. The van der Waals surface area contributed by atoms with Crippen LogP contribution in [0.25, 0.3) is 11.0 Å². The minimum absolute atomic E-state index is 0.0413. The third-order valence-electron chi connectivity index (χ3n) is 7.74. The number of carboxylic acid groups (broad SMARTS) is 1. The van der Waals surface area contributed by atoms with Crippen LogP contribution in [0.15, 0.2) is 18.3 Å². The summed E-state index contributed by atoms with van der Waals surface area (Å²) in [5, 5.41) is 10.2. The summed E-state index contributed by atoms with van der Waals surface area (Å²) in [6, 6.07) is 3.08. The molecule has 0 amide bonds. The van der Waals surface area contributed by atoms with Gasteiger partial charge in [-0.2, -0.15) is 4.98 Å². The number of ether oxygens (including phenoxy) is 4. The minimum Gasteiger partial charge on any atom is -0.478 e. The first-order chi connectivity index (χ1) is 17.8. The lowest BCUT2D eigenvalue weighted by Gasteiger charge is -2.57. The lowest BCUT2D eigenvalue weighted by atomic mass is 9.59. The SMILES string of the molecule is CCc1nc(N2CCC3(CC2)CC(OC)(OC)C3)cc(Oc2cc3c(F)c[nH]c3nc2OC)c1C(=O)O. The van der Waals surface area contributed by atoms with Crippen LogP contribution < -0.4 is 14.4 Å². The van der Waals surface area contributed by atoms with Gasteiger partial charge >= 0.3 is 5.97 Å². The second-order valence-electron chi connectivity index (χ2n) is 9.75. The quantitative estimate of drug-likeness (QED) is 0.418. The van der Waals surface area contributed by atoms with Crippen molar-refractivity contribution < 1.29 is 33.2 Å². The molecule has 0 aromatic carbocycles. The molecule has 37 heavy (non-hydrogen) atoms. The van der Waals surface area contributed by atoms with E-state index in [2.05, 4.69) is 14.9 Å². The van der Waals surface area contributed by atoms with Gasteiger partial charge in [0.2, 0.25) is 0 Å². The van der Waals surface area contributed by atoms with Crippen LogP contribution in [-0.4, -0.2) is 66.2 Å². The Morgan fingerprint density at radius 2 is 1.84 bits per heavy atom. The van der Waals surface area contributed by atoms with Crippen LogP contribution in [0, 0.1) is 11.2 Å². The van der Waals surface area contributed by atoms with Crippen molar-refractivity contribution in [3.8, 4) is 17.4 Å². The molecule has 2 N–H and O–H groups in total. The number of hydrogen-bond acceptors (Lipinski definition) is 8. The van der Waals surface area contributed by atoms with Gasteiger partial charge in [0.1, 0.15) is 28.6 Å². The van der Waals surface area contributed by atoms with Crippen molar-refractivity contribution in [3.05, 3.63) is 35.4 Å². The van der Waals surface area contributed by atoms with Crippen molar-refractivity contribution in [2.75, 3.05) is 39.3 Å². The number of piperidine rings is 1. The molecule has 1 saturated heterocycles. The molecule has 2 fully saturated rings. The molecule has 3 aromatic rings. The van der Waals surface area contributed by atoms with Gasteiger partial charge in [-0.05, 0) is 24.7 Å². The number of aromatic amines is 1. The molecule has 0 unspecified atom stereocenters. The number of carbonyl (C=O) groups is 1. The van der Waals surface area contributed by atoms with Gasteiger partial charge in [0.25, 0.3) is 5.88 Å². The van der Waals surface area contributed by atoms with Gasteiger partial charge in [0.05, 0.1) is 18.2 Å². The van der Waals surface area contributed by atoms with Crippen LogP contribution in [-0.2, 0) is 15.9 Å². The Morgan fingerprint density at radius 1 is 1.14 bits per heavy atom. The Hall–Kier alpha value is -3.44. The highest BCUT2D eigenvalue weighted by Crippen LogP contribution is 2.56. The Balaban J connectivity index is 1.46. The molecule has 1 spiro atoms.